The van der Waals surface area contributed by atoms with Crippen LogP contribution in [0, 0.1) is 10.7 Å². The van der Waals surface area contributed by atoms with Crippen LogP contribution in [-0.4, -0.2) is 18.4 Å². The number of rotatable bonds is 13. The minimum absolute atomic E-state index is 0.242. The normalized spacial score (nSPS) is 12.7. The fourth-order valence-electron chi connectivity index (χ4n) is 3.99. The summed E-state index contributed by atoms with van der Waals surface area (Å²) in [6.07, 6.45) is 11.7. The number of amides is 2. The number of unbranched alkanes of at least 4 members (excludes halogenated alkanes) is 8. The van der Waals surface area contributed by atoms with Crippen LogP contribution in [0.1, 0.15) is 84.1 Å². The van der Waals surface area contributed by atoms with Gasteiger partial charge in [-0.2, -0.15) is 0 Å². The van der Waals surface area contributed by atoms with Crippen molar-refractivity contribution in [2.75, 3.05) is 6.61 Å². The fourth-order valence-corrected chi connectivity index (χ4v) is 7.89. The lowest BCUT2D eigenvalue weighted by atomic mass is 9.97. The number of carbonyl (C=O) groups excluding carboxylic acids is 2. The van der Waals surface area contributed by atoms with Gasteiger partial charge in [-0.25, -0.2) is 0 Å². The van der Waals surface area contributed by atoms with E-state index in [0.29, 0.717) is 11.1 Å². The second-order valence-electron chi connectivity index (χ2n) is 8.10. The lowest BCUT2D eigenvalue weighted by molar-refractivity contribution is 0.0879. The standard InChI is InChI=1S/C25H28I3NO3/c26-18-15-20(27)23(21(28)16-18)32-14-9-7-5-3-1-2-4-6-8-11-17-12-10-13-19-22(17)25(31)29-24(19)30/h10,12-13,15-16H,1-9,11,14H2,(H,29,30,31). The summed E-state index contributed by atoms with van der Waals surface area (Å²) in [4.78, 5) is 23.7. The molecule has 1 aliphatic heterocycles. The molecule has 0 unspecified atom stereocenters. The maximum atomic E-state index is 12.0. The first-order valence-electron chi connectivity index (χ1n) is 11.2. The number of ether oxygens (including phenoxy) is 1. The molecule has 0 radical (unpaired) electrons. The predicted molar refractivity (Wildman–Crippen MR) is 154 cm³/mol. The van der Waals surface area contributed by atoms with Gasteiger partial charge in [0.2, 0.25) is 0 Å². The van der Waals surface area contributed by atoms with E-state index in [9.17, 15) is 9.59 Å². The van der Waals surface area contributed by atoms with Crippen LogP contribution >= 0.6 is 67.8 Å². The number of aryl methyl sites for hydroxylation is 1. The topological polar surface area (TPSA) is 55.4 Å². The Labute approximate surface area is 231 Å². The second kappa shape index (κ2) is 13.5. The zero-order valence-electron chi connectivity index (χ0n) is 18.0. The highest BCUT2D eigenvalue weighted by molar-refractivity contribution is 14.1. The van der Waals surface area contributed by atoms with Crippen LogP contribution in [0.15, 0.2) is 30.3 Å². The van der Waals surface area contributed by atoms with E-state index in [-0.39, 0.29) is 11.8 Å². The molecule has 2 amide bonds. The van der Waals surface area contributed by atoms with Crippen LogP contribution in [0.5, 0.6) is 5.75 Å². The minimum atomic E-state index is -0.266. The minimum Gasteiger partial charge on any atom is -0.491 e. The van der Waals surface area contributed by atoms with Gasteiger partial charge in [-0.05, 0) is 111 Å². The predicted octanol–water partition coefficient (Wildman–Crippen LogP) is 7.52. The van der Waals surface area contributed by atoms with Crippen molar-refractivity contribution in [2.45, 2.75) is 64.2 Å². The molecule has 0 aliphatic carbocycles. The van der Waals surface area contributed by atoms with Gasteiger partial charge in [0.1, 0.15) is 5.75 Å². The van der Waals surface area contributed by atoms with Gasteiger partial charge in [0.15, 0.2) is 0 Å². The highest BCUT2D eigenvalue weighted by Gasteiger charge is 2.28. The molecule has 2 aromatic rings. The van der Waals surface area contributed by atoms with Crippen molar-refractivity contribution in [1.29, 1.82) is 0 Å². The molecule has 7 heteroatoms. The van der Waals surface area contributed by atoms with Crippen molar-refractivity contribution in [3.05, 3.63) is 57.7 Å². The largest absolute Gasteiger partial charge is 0.491 e. The van der Waals surface area contributed by atoms with Gasteiger partial charge in [-0.15, -0.1) is 0 Å². The Morgan fingerprint density at radius 2 is 1.34 bits per heavy atom. The Kier molecular flexibility index (Phi) is 11.0. The molecule has 4 nitrogen and oxygen atoms in total. The molecule has 0 spiro atoms. The molecule has 1 N–H and O–H groups in total. The molecule has 1 aliphatic rings. The highest BCUT2D eigenvalue weighted by Crippen LogP contribution is 2.29. The molecule has 2 aromatic carbocycles. The molecule has 3 rings (SSSR count). The maximum absolute atomic E-state index is 12.0. The summed E-state index contributed by atoms with van der Waals surface area (Å²) in [6.45, 7) is 0.791. The smallest absolute Gasteiger partial charge is 0.259 e. The van der Waals surface area contributed by atoms with Crippen molar-refractivity contribution in [3.8, 4) is 5.75 Å². The summed E-state index contributed by atoms with van der Waals surface area (Å²) >= 11 is 7.04. The third kappa shape index (κ3) is 7.54. The number of imide groups is 1. The summed E-state index contributed by atoms with van der Waals surface area (Å²) in [5.41, 5.74) is 2.12. The van der Waals surface area contributed by atoms with Crippen LogP contribution in [0.3, 0.4) is 0 Å². The molecular weight excluding hydrogens is 743 g/mol. The number of fused-ring (bicyclic) bond motifs is 1. The summed E-state index contributed by atoms with van der Waals surface area (Å²) in [6, 6.07) is 9.89. The van der Waals surface area contributed by atoms with Gasteiger partial charge < -0.3 is 4.74 Å². The average molecular weight is 771 g/mol. The lowest BCUT2D eigenvalue weighted by Gasteiger charge is -2.11. The highest BCUT2D eigenvalue weighted by atomic mass is 127. The van der Waals surface area contributed by atoms with E-state index >= 15 is 0 Å². The Morgan fingerprint density at radius 3 is 2.00 bits per heavy atom. The van der Waals surface area contributed by atoms with Gasteiger partial charge in [0.05, 0.1) is 24.9 Å². The summed E-state index contributed by atoms with van der Waals surface area (Å²) < 4.78 is 9.63. The van der Waals surface area contributed by atoms with Crippen LogP contribution in [-0.2, 0) is 6.42 Å². The zero-order chi connectivity index (χ0) is 22.9. The molecular formula is C25H28I3NO3. The number of hydrogen-bond acceptors (Lipinski definition) is 3. The molecule has 0 aromatic heterocycles. The Morgan fingerprint density at radius 1 is 0.750 bits per heavy atom. The van der Waals surface area contributed by atoms with Crippen molar-refractivity contribution in [2.24, 2.45) is 0 Å². The maximum Gasteiger partial charge on any atom is 0.259 e. The van der Waals surface area contributed by atoms with Crippen LogP contribution in [0.4, 0.5) is 0 Å². The van der Waals surface area contributed by atoms with Crippen molar-refractivity contribution in [3.63, 3.8) is 0 Å². The summed E-state index contributed by atoms with van der Waals surface area (Å²) in [5.74, 6) is 0.520. The monoisotopic (exact) mass is 771 g/mol. The first-order chi connectivity index (χ1) is 15.5. The van der Waals surface area contributed by atoms with E-state index in [1.54, 1.807) is 6.07 Å². The molecule has 32 heavy (non-hydrogen) atoms. The molecule has 0 bridgehead atoms. The Hall–Kier alpha value is -0.430. The summed E-state index contributed by atoms with van der Waals surface area (Å²) in [5, 5.41) is 2.39. The van der Waals surface area contributed by atoms with Gasteiger partial charge in [0.25, 0.3) is 11.8 Å². The quantitative estimate of drug-likeness (QED) is 0.130. The molecule has 0 fully saturated rings. The third-order valence-corrected chi connectivity index (χ3v) is 7.87. The van der Waals surface area contributed by atoms with Gasteiger partial charge in [0, 0.05) is 3.57 Å². The number of halogens is 3. The van der Waals surface area contributed by atoms with E-state index < -0.39 is 0 Å². The lowest BCUT2D eigenvalue weighted by Crippen LogP contribution is -2.20. The zero-order valence-corrected chi connectivity index (χ0v) is 24.5. The number of benzene rings is 2. The fraction of sp³-hybridized carbons (Fsp3) is 0.440. The van der Waals surface area contributed by atoms with Crippen LogP contribution in [0.25, 0.3) is 0 Å². The molecule has 172 valence electrons. The van der Waals surface area contributed by atoms with E-state index in [2.05, 4.69) is 85.2 Å². The van der Waals surface area contributed by atoms with Crippen molar-refractivity contribution < 1.29 is 14.3 Å². The molecule has 1 heterocycles. The molecule has 0 saturated heterocycles. The SMILES string of the molecule is O=C1NC(=O)c2c(CCCCCCCCCCCOc3c(I)cc(I)cc3I)cccc21. The van der Waals surface area contributed by atoms with E-state index in [4.69, 9.17) is 4.74 Å². The first kappa shape index (κ1) is 26.2. The van der Waals surface area contributed by atoms with E-state index in [0.717, 1.165) is 37.2 Å². The summed E-state index contributed by atoms with van der Waals surface area (Å²) in [7, 11) is 0. The average Bonchev–Trinajstić information content (AvgIpc) is 3.04. The van der Waals surface area contributed by atoms with Gasteiger partial charge in [-0.3, -0.25) is 14.9 Å². The van der Waals surface area contributed by atoms with Gasteiger partial charge >= 0.3 is 0 Å². The first-order valence-corrected chi connectivity index (χ1v) is 14.5. The second-order valence-corrected chi connectivity index (χ2v) is 11.7. The van der Waals surface area contributed by atoms with Crippen molar-refractivity contribution >= 4 is 79.6 Å². The molecule has 0 atom stereocenters. The van der Waals surface area contributed by atoms with E-state index in [1.807, 2.05) is 12.1 Å². The Bertz CT molecular complexity index is 938. The molecule has 0 saturated carbocycles. The van der Waals surface area contributed by atoms with Gasteiger partial charge in [-0.1, -0.05) is 57.1 Å². The number of hydrogen-bond donors (Lipinski definition) is 1. The van der Waals surface area contributed by atoms with Crippen LogP contribution in [0.2, 0.25) is 0 Å². The Balaban J connectivity index is 1.20. The van der Waals surface area contributed by atoms with Crippen LogP contribution < -0.4 is 10.1 Å². The van der Waals surface area contributed by atoms with E-state index in [1.165, 1.54) is 55.7 Å². The van der Waals surface area contributed by atoms with Crippen molar-refractivity contribution in [1.82, 2.24) is 5.32 Å². The number of carbonyl (C=O) groups is 2. The number of nitrogens with one attached hydrogen (secondary N) is 1. The third-order valence-electron chi connectivity index (χ3n) is 5.65.